The summed E-state index contributed by atoms with van der Waals surface area (Å²) in [6.45, 7) is 3.20. The lowest BCUT2D eigenvalue weighted by Crippen LogP contribution is -2.49. The van der Waals surface area contributed by atoms with Gasteiger partial charge in [-0.2, -0.15) is 0 Å². The average molecular weight is 473 g/mol. The largest absolute Gasteiger partial charge is 0.497 e. The smallest absolute Gasteiger partial charge is 0.242 e. The van der Waals surface area contributed by atoms with Crippen molar-refractivity contribution >= 4 is 32.7 Å². The first kappa shape index (κ1) is 23.0. The van der Waals surface area contributed by atoms with Crippen LogP contribution < -0.4 is 9.64 Å². The second-order valence-corrected chi connectivity index (χ2v) is 10.2. The predicted octanol–water partition coefficient (Wildman–Crippen LogP) is 1.43. The van der Waals surface area contributed by atoms with Gasteiger partial charge >= 0.3 is 0 Å². The Labute approximate surface area is 193 Å². The summed E-state index contributed by atoms with van der Waals surface area (Å²) in [6, 6.07) is 12.7. The lowest BCUT2D eigenvalue weighted by atomic mass is 10.2. The summed E-state index contributed by atoms with van der Waals surface area (Å²) in [5.41, 5.74) is 2.27. The third kappa shape index (κ3) is 4.79. The number of piperazine rings is 1. The number of carbonyl (C=O) groups is 1. The molecule has 1 amide bonds. The van der Waals surface area contributed by atoms with Crippen LogP contribution in [0.2, 0.25) is 0 Å². The second kappa shape index (κ2) is 9.36. The molecule has 3 aromatic rings. The standard InChI is InChI=1S/C22H28N6O4S/c1-25(2)33(30,31)19-7-8-21-20(16-19)23-24-28(21)10-9-22(29)27-13-11-26(12-14-27)17-5-4-6-18(15-17)32-3/h4-8,15-16H,9-14H2,1-3H3. The molecule has 1 fully saturated rings. The van der Waals surface area contributed by atoms with Gasteiger partial charge in [0.1, 0.15) is 11.3 Å². The Morgan fingerprint density at radius 2 is 1.85 bits per heavy atom. The third-order valence-electron chi connectivity index (χ3n) is 5.85. The number of benzene rings is 2. The van der Waals surface area contributed by atoms with Gasteiger partial charge in [0.2, 0.25) is 15.9 Å². The molecule has 1 saturated heterocycles. The van der Waals surface area contributed by atoms with Crippen molar-refractivity contribution in [1.82, 2.24) is 24.2 Å². The van der Waals surface area contributed by atoms with Crippen molar-refractivity contribution in [3.05, 3.63) is 42.5 Å². The van der Waals surface area contributed by atoms with Crippen LogP contribution in [0.1, 0.15) is 6.42 Å². The van der Waals surface area contributed by atoms with E-state index in [1.54, 1.807) is 17.9 Å². The van der Waals surface area contributed by atoms with E-state index in [1.807, 2.05) is 29.2 Å². The van der Waals surface area contributed by atoms with Gasteiger partial charge in [0.05, 0.1) is 24.1 Å². The number of hydrogen-bond acceptors (Lipinski definition) is 7. The van der Waals surface area contributed by atoms with Gasteiger partial charge in [-0.15, -0.1) is 5.10 Å². The zero-order valence-corrected chi connectivity index (χ0v) is 19.8. The molecule has 0 radical (unpaired) electrons. The number of ether oxygens (including phenoxy) is 1. The number of hydrogen-bond donors (Lipinski definition) is 0. The SMILES string of the molecule is COc1cccc(N2CCN(C(=O)CCn3nnc4cc(S(=O)(=O)N(C)C)ccc43)CC2)c1. The zero-order chi connectivity index (χ0) is 23.6. The number of anilines is 1. The van der Waals surface area contributed by atoms with Gasteiger partial charge in [-0.05, 0) is 30.3 Å². The van der Waals surface area contributed by atoms with Gasteiger partial charge in [-0.1, -0.05) is 11.3 Å². The molecule has 4 rings (SSSR count). The molecule has 1 aromatic heterocycles. The summed E-state index contributed by atoms with van der Waals surface area (Å²) in [5, 5.41) is 8.20. The number of rotatable bonds is 7. The summed E-state index contributed by atoms with van der Waals surface area (Å²) in [7, 11) is 1.08. The van der Waals surface area contributed by atoms with Crippen LogP contribution >= 0.6 is 0 Å². The zero-order valence-electron chi connectivity index (χ0n) is 19.0. The molecule has 1 aliphatic heterocycles. The number of amides is 1. The topological polar surface area (TPSA) is 101 Å². The molecule has 2 heterocycles. The van der Waals surface area contributed by atoms with E-state index in [0.717, 1.165) is 28.8 Å². The summed E-state index contributed by atoms with van der Waals surface area (Å²) in [4.78, 5) is 17.1. The Balaban J connectivity index is 1.35. The number of nitrogens with zero attached hydrogens (tertiary/aromatic N) is 6. The van der Waals surface area contributed by atoms with Crippen LogP contribution in [0.3, 0.4) is 0 Å². The van der Waals surface area contributed by atoms with Crippen LogP contribution in [0.15, 0.2) is 47.4 Å². The number of sulfonamides is 1. The van der Waals surface area contributed by atoms with E-state index in [1.165, 1.54) is 26.2 Å². The van der Waals surface area contributed by atoms with Gasteiger partial charge in [0, 0.05) is 58.4 Å². The van der Waals surface area contributed by atoms with E-state index >= 15 is 0 Å². The number of aryl methyl sites for hydroxylation is 1. The fourth-order valence-electron chi connectivity index (χ4n) is 3.87. The molecule has 0 atom stereocenters. The van der Waals surface area contributed by atoms with Crippen LogP contribution in [0.4, 0.5) is 5.69 Å². The molecule has 10 nitrogen and oxygen atoms in total. The number of carbonyl (C=O) groups excluding carboxylic acids is 1. The molecule has 176 valence electrons. The van der Waals surface area contributed by atoms with Gasteiger partial charge in [0.15, 0.2) is 0 Å². The molecule has 0 aliphatic carbocycles. The Morgan fingerprint density at radius 3 is 2.55 bits per heavy atom. The van der Waals surface area contributed by atoms with Gasteiger partial charge in [0.25, 0.3) is 0 Å². The van der Waals surface area contributed by atoms with E-state index in [4.69, 9.17) is 4.74 Å². The van der Waals surface area contributed by atoms with Crippen molar-refractivity contribution in [2.45, 2.75) is 17.9 Å². The normalized spacial score (nSPS) is 14.8. The lowest BCUT2D eigenvalue weighted by molar-refractivity contribution is -0.131. The molecule has 2 aromatic carbocycles. The fourth-order valence-corrected chi connectivity index (χ4v) is 4.79. The van der Waals surface area contributed by atoms with E-state index in [0.29, 0.717) is 37.1 Å². The van der Waals surface area contributed by atoms with Crippen LogP contribution in [0.5, 0.6) is 5.75 Å². The number of methoxy groups -OCH3 is 1. The van der Waals surface area contributed by atoms with Crippen molar-refractivity contribution < 1.29 is 17.9 Å². The molecule has 11 heteroatoms. The van der Waals surface area contributed by atoms with Crippen LogP contribution in [0, 0.1) is 0 Å². The van der Waals surface area contributed by atoms with Gasteiger partial charge < -0.3 is 14.5 Å². The molecule has 0 spiro atoms. The number of aromatic nitrogens is 3. The molecule has 0 bridgehead atoms. The Kier molecular flexibility index (Phi) is 6.52. The molecule has 1 aliphatic rings. The lowest BCUT2D eigenvalue weighted by Gasteiger charge is -2.36. The minimum atomic E-state index is -3.54. The first-order chi connectivity index (χ1) is 15.8. The van der Waals surface area contributed by atoms with Crippen molar-refractivity contribution in [3.8, 4) is 5.75 Å². The first-order valence-electron chi connectivity index (χ1n) is 10.7. The monoisotopic (exact) mass is 472 g/mol. The van der Waals surface area contributed by atoms with Crippen LogP contribution in [-0.2, 0) is 21.4 Å². The Morgan fingerprint density at radius 1 is 1.09 bits per heavy atom. The summed E-state index contributed by atoms with van der Waals surface area (Å²) in [5.74, 6) is 0.883. The highest BCUT2D eigenvalue weighted by Gasteiger charge is 2.22. The second-order valence-electron chi connectivity index (χ2n) is 8.07. The van der Waals surface area contributed by atoms with Crippen LogP contribution in [0.25, 0.3) is 11.0 Å². The van der Waals surface area contributed by atoms with Crippen molar-refractivity contribution in [3.63, 3.8) is 0 Å². The summed E-state index contributed by atoms with van der Waals surface area (Å²) < 4.78 is 32.8. The minimum absolute atomic E-state index is 0.0655. The molecule has 0 saturated carbocycles. The van der Waals surface area contributed by atoms with E-state index in [2.05, 4.69) is 15.2 Å². The molecule has 0 unspecified atom stereocenters. The Hall–Kier alpha value is -3.18. The maximum absolute atomic E-state index is 12.8. The maximum Gasteiger partial charge on any atom is 0.242 e. The van der Waals surface area contributed by atoms with Gasteiger partial charge in [-0.3, -0.25) is 4.79 Å². The summed E-state index contributed by atoms with van der Waals surface area (Å²) >= 11 is 0. The van der Waals surface area contributed by atoms with Crippen LogP contribution in [-0.4, -0.2) is 85.9 Å². The number of fused-ring (bicyclic) bond motifs is 1. The predicted molar refractivity (Wildman–Crippen MR) is 125 cm³/mol. The highest BCUT2D eigenvalue weighted by Crippen LogP contribution is 2.23. The van der Waals surface area contributed by atoms with E-state index in [9.17, 15) is 13.2 Å². The fraction of sp³-hybridized carbons (Fsp3) is 0.409. The molecule has 33 heavy (non-hydrogen) atoms. The van der Waals surface area contributed by atoms with E-state index < -0.39 is 10.0 Å². The quantitative estimate of drug-likeness (QED) is 0.513. The average Bonchev–Trinajstić information content (AvgIpc) is 3.24. The maximum atomic E-state index is 12.8. The summed E-state index contributed by atoms with van der Waals surface area (Å²) in [6.07, 6.45) is 0.301. The van der Waals surface area contributed by atoms with E-state index in [-0.39, 0.29) is 10.8 Å². The van der Waals surface area contributed by atoms with Crippen molar-refractivity contribution in [2.75, 3.05) is 52.3 Å². The molecular weight excluding hydrogens is 444 g/mol. The van der Waals surface area contributed by atoms with Crippen molar-refractivity contribution in [1.29, 1.82) is 0 Å². The third-order valence-corrected chi connectivity index (χ3v) is 7.66. The highest BCUT2D eigenvalue weighted by molar-refractivity contribution is 7.89. The highest BCUT2D eigenvalue weighted by atomic mass is 32.2. The van der Waals surface area contributed by atoms with Gasteiger partial charge in [-0.25, -0.2) is 17.4 Å². The van der Waals surface area contributed by atoms with Crippen molar-refractivity contribution in [2.24, 2.45) is 0 Å². The molecule has 0 N–H and O–H groups in total. The Bertz CT molecular complexity index is 1250. The minimum Gasteiger partial charge on any atom is -0.497 e. The molecular formula is C22H28N6O4S. The first-order valence-corrected chi connectivity index (χ1v) is 12.2.